The van der Waals surface area contributed by atoms with Crippen molar-refractivity contribution in [2.75, 3.05) is 0 Å². The number of carbonyl (C=O) groups is 2. The van der Waals surface area contributed by atoms with E-state index in [0.717, 1.165) is 10.5 Å². The lowest BCUT2D eigenvalue weighted by Gasteiger charge is -2.32. The van der Waals surface area contributed by atoms with Gasteiger partial charge in [0.2, 0.25) is 0 Å². The van der Waals surface area contributed by atoms with E-state index in [0.29, 0.717) is 32.7 Å². The molecule has 0 radical (unpaired) electrons. The highest BCUT2D eigenvalue weighted by molar-refractivity contribution is 6.43. The normalized spacial score (nSPS) is 16.3. The van der Waals surface area contributed by atoms with Crippen molar-refractivity contribution in [1.82, 2.24) is 4.90 Å². The number of nitriles is 1. The van der Waals surface area contributed by atoms with Crippen molar-refractivity contribution in [3.05, 3.63) is 98.8 Å². The van der Waals surface area contributed by atoms with Gasteiger partial charge in [0.05, 0.1) is 16.1 Å². The number of amides is 2. The first kappa shape index (κ1) is 22.6. The molecule has 3 aromatic rings. The van der Waals surface area contributed by atoms with Gasteiger partial charge in [0, 0.05) is 11.1 Å². The van der Waals surface area contributed by atoms with Crippen LogP contribution >= 0.6 is 23.2 Å². The lowest BCUT2D eigenvalue weighted by Crippen LogP contribution is -2.44. The minimum absolute atomic E-state index is 0.0757. The fourth-order valence-corrected chi connectivity index (χ4v) is 4.14. The third-order valence-corrected chi connectivity index (χ3v) is 6.39. The van der Waals surface area contributed by atoms with Gasteiger partial charge in [-0.2, -0.15) is 5.26 Å². The summed E-state index contributed by atoms with van der Waals surface area (Å²) in [6.45, 7) is 3.34. The van der Waals surface area contributed by atoms with Gasteiger partial charge >= 0.3 is 0 Å². The van der Waals surface area contributed by atoms with Crippen molar-refractivity contribution >= 4 is 41.1 Å². The lowest BCUT2D eigenvalue weighted by atomic mass is 9.92. The van der Waals surface area contributed by atoms with Crippen LogP contribution in [-0.4, -0.2) is 16.7 Å². The maximum atomic E-state index is 13.4. The van der Waals surface area contributed by atoms with Gasteiger partial charge in [-0.25, -0.2) is 0 Å². The molecule has 1 aliphatic rings. The summed E-state index contributed by atoms with van der Waals surface area (Å²) in [6, 6.07) is 19.2. The molecule has 1 unspecified atom stereocenters. The molecule has 0 N–H and O–H groups in total. The smallest absolute Gasteiger partial charge is 0.272 e. The molecule has 2 aromatic carbocycles. The number of hydrogen-bond donors (Lipinski definition) is 0. The zero-order chi connectivity index (χ0) is 23.7. The first-order valence-corrected chi connectivity index (χ1v) is 10.9. The molecule has 1 aliphatic heterocycles. The summed E-state index contributed by atoms with van der Waals surface area (Å²) in [5, 5.41) is 10.4. The van der Waals surface area contributed by atoms with Crippen LogP contribution in [0.1, 0.15) is 31.2 Å². The van der Waals surface area contributed by atoms with Gasteiger partial charge in [-0.1, -0.05) is 59.6 Å². The van der Waals surface area contributed by atoms with Crippen molar-refractivity contribution in [3.63, 3.8) is 0 Å². The van der Waals surface area contributed by atoms with Crippen LogP contribution in [0.2, 0.25) is 10.0 Å². The Hall–Kier alpha value is -3.59. The first-order chi connectivity index (χ1) is 15.8. The molecule has 1 aromatic heterocycles. The van der Waals surface area contributed by atoms with Gasteiger partial charge in [-0.3, -0.25) is 14.5 Å². The van der Waals surface area contributed by atoms with Gasteiger partial charge in [0.15, 0.2) is 0 Å². The average Bonchev–Trinajstić information content (AvgIpc) is 3.28. The molecule has 7 heteroatoms. The molecule has 0 aliphatic carbocycles. The highest BCUT2D eigenvalue weighted by Gasteiger charge is 2.38. The van der Waals surface area contributed by atoms with Crippen LogP contribution in [0.15, 0.2) is 81.8 Å². The number of benzene rings is 2. The second-order valence-electron chi connectivity index (χ2n) is 7.54. The van der Waals surface area contributed by atoms with E-state index in [2.05, 4.69) is 0 Å². The minimum Gasteiger partial charge on any atom is -0.457 e. The predicted molar refractivity (Wildman–Crippen MR) is 127 cm³/mol. The van der Waals surface area contributed by atoms with Crippen LogP contribution < -0.4 is 0 Å². The van der Waals surface area contributed by atoms with Crippen molar-refractivity contribution in [2.24, 2.45) is 0 Å². The van der Waals surface area contributed by atoms with Gasteiger partial charge < -0.3 is 4.42 Å². The number of hydrogen-bond acceptors (Lipinski definition) is 4. The number of rotatable bonds is 4. The SMILES string of the molecule is CC1=C(C#N)C(=O)N(C(C)c2ccccc2)C(=O)/C1=C/c1ccc(-c2cccc(Cl)c2Cl)o1. The number of imide groups is 1. The van der Waals surface area contributed by atoms with Crippen LogP contribution in [-0.2, 0) is 9.59 Å². The molecule has 0 saturated carbocycles. The fraction of sp³-hybridized carbons (Fsp3) is 0.115. The quantitative estimate of drug-likeness (QED) is 0.313. The van der Waals surface area contributed by atoms with E-state index in [9.17, 15) is 14.9 Å². The van der Waals surface area contributed by atoms with E-state index in [-0.39, 0.29) is 11.1 Å². The van der Waals surface area contributed by atoms with Crippen LogP contribution in [0.3, 0.4) is 0 Å². The van der Waals surface area contributed by atoms with Gasteiger partial charge in [0.25, 0.3) is 11.8 Å². The average molecular weight is 477 g/mol. The van der Waals surface area contributed by atoms with Crippen molar-refractivity contribution in [2.45, 2.75) is 19.9 Å². The van der Waals surface area contributed by atoms with E-state index >= 15 is 0 Å². The van der Waals surface area contributed by atoms with Crippen LogP contribution in [0.25, 0.3) is 17.4 Å². The van der Waals surface area contributed by atoms with Crippen LogP contribution in [0.5, 0.6) is 0 Å². The molecule has 2 amide bonds. The molecule has 0 bridgehead atoms. The van der Waals surface area contributed by atoms with E-state index in [1.807, 2.05) is 36.4 Å². The number of halogens is 2. The Balaban J connectivity index is 1.77. The third kappa shape index (κ3) is 4.11. The summed E-state index contributed by atoms with van der Waals surface area (Å²) >= 11 is 12.4. The maximum Gasteiger partial charge on any atom is 0.272 e. The van der Waals surface area contributed by atoms with E-state index < -0.39 is 17.9 Å². The molecule has 164 valence electrons. The maximum absolute atomic E-state index is 13.4. The van der Waals surface area contributed by atoms with Crippen LogP contribution in [0.4, 0.5) is 0 Å². The monoisotopic (exact) mass is 476 g/mol. The molecule has 0 spiro atoms. The molecule has 0 fully saturated rings. The summed E-state index contributed by atoms with van der Waals surface area (Å²) in [5.74, 6) is -0.251. The van der Waals surface area contributed by atoms with E-state index in [4.69, 9.17) is 27.6 Å². The van der Waals surface area contributed by atoms with Gasteiger partial charge in [-0.15, -0.1) is 0 Å². The summed E-state index contributed by atoms with van der Waals surface area (Å²) in [5.41, 5.74) is 1.85. The fourth-order valence-electron chi connectivity index (χ4n) is 3.74. The van der Waals surface area contributed by atoms with Gasteiger partial charge in [-0.05, 0) is 55.3 Å². The second kappa shape index (κ2) is 9.11. The first-order valence-electron chi connectivity index (χ1n) is 10.1. The van der Waals surface area contributed by atoms with E-state index in [1.54, 1.807) is 44.2 Å². The summed E-state index contributed by atoms with van der Waals surface area (Å²) in [7, 11) is 0. The summed E-state index contributed by atoms with van der Waals surface area (Å²) in [4.78, 5) is 27.5. The zero-order valence-electron chi connectivity index (χ0n) is 17.8. The second-order valence-corrected chi connectivity index (χ2v) is 8.33. The summed E-state index contributed by atoms with van der Waals surface area (Å²) in [6.07, 6.45) is 1.54. The minimum atomic E-state index is -0.612. The van der Waals surface area contributed by atoms with Gasteiger partial charge in [0.1, 0.15) is 23.2 Å². The molecule has 1 atom stereocenters. The Bertz CT molecular complexity index is 1360. The third-order valence-electron chi connectivity index (χ3n) is 5.57. The highest BCUT2D eigenvalue weighted by atomic mass is 35.5. The lowest BCUT2D eigenvalue weighted by molar-refractivity contribution is -0.143. The Morgan fingerprint density at radius 1 is 1.00 bits per heavy atom. The summed E-state index contributed by atoms with van der Waals surface area (Å²) < 4.78 is 5.90. The van der Waals surface area contributed by atoms with E-state index in [1.165, 1.54) is 6.08 Å². The number of nitrogens with zero attached hydrogens (tertiary/aromatic N) is 2. The number of carbonyl (C=O) groups excluding carboxylic acids is 2. The molecular formula is C26H18Cl2N2O3. The van der Waals surface area contributed by atoms with Crippen molar-refractivity contribution in [1.29, 1.82) is 5.26 Å². The Kier molecular flexibility index (Phi) is 6.24. The van der Waals surface area contributed by atoms with Crippen LogP contribution in [0, 0.1) is 11.3 Å². The molecule has 2 heterocycles. The van der Waals surface area contributed by atoms with Crippen molar-refractivity contribution < 1.29 is 14.0 Å². The predicted octanol–water partition coefficient (Wildman–Crippen LogP) is 6.61. The Labute approximate surface area is 201 Å². The largest absolute Gasteiger partial charge is 0.457 e. The highest BCUT2D eigenvalue weighted by Crippen LogP contribution is 2.36. The topological polar surface area (TPSA) is 74.3 Å². The number of furan rings is 1. The molecule has 0 saturated heterocycles. The molecular weight excluding hydrogens is 459 g/mol. The zero-order valence-corrected chi connectivity index (χ0v) is 19.3. The standard InChI is InChI=1S/C26H18Cl2N2O3/c1-15-20(13-18-11-12-23(33-18)19-9-6-10-22(27)24(19)28)25(31)30(26(32)21(15)14-29)16(2)17-7-4-3-5-8-17/h3-13,16H,1-2H3/b20-13+. The molecule has 4 rings (SSSR count). The molecule has 5 nitrogen and oxygen atoms in total. The Morgan fingerprint density at radius 2 is 1.73 bits per heavy atom. The Morgan fingerprint density at radius 3 is 2.42 bits per heavy atom. The van der Waals surface area contributed by atoms with Crippen molar-refractivity contribution in [3.8, 4) is 17.4 Å². The molecule has 33 heavy (non-hydrogen) atoms.